The fraction of sp³-hybridized carbons (Fsp3) is 0.417. The van der Waals surface area contributed by atoms with E-state index in [0.717, 1.165) is 28.1 Å². The molecular formula is C24H31Cl2N3O4S. The Morgan fingerprint density at radius 2 is 1.74 bits per heavy atom. The zero-order valence-electron chi connectivity index (χ0n) is 20.1. The summed E-state index contributed by atoms with van der Waals surface area (Å²) >= 11 is 12.2. The van der Waals surface area contributed by atoms with Crippen LogP contribution in [-0.4, -0.2) is 50.5 Å². The Hall–Kier alpha value is -2.29. The summed E-state index contributed by atoms with van der Waals surface area (Å²) in [6, 6.07) is 9.44. The van der Waals surface area contributed by atoms with Crippen LogP contribution in [0.25, 0.3) is 0 Å². The third-order valence-corrected chi connectivity index (χ3v) is 7.22. The van der Waals surface area contributed by atoms with Crippen molar-refractivity contribution in [2.24, 2.45) is 0 Å². The number of hydrogen-bond acceptors (Lipinski definition) is 4. The van der Waals surface area contributed by atoms with Crippen molar-refractivity contribution in [3.8, 4) is 0 Å². The molecule has 2 aromatic rings. The number of carbonyl (C=O) groups excluding carboxylic acids is 2. The minimum atomic E-state index is -3.78. The average molecular weight is 529 g/mol. The number of rotatable bonds is 10. The highest BCUT2D eigenvalue weighted by Gasteiger charge is 2.30. The third kappa shape index (κ3) is 7.35. The van der Waals surface area contributed by atoms with Gasteiger partial charge in [0.05, 0.1) is 22.0 Å². The van der Waals surface area contributed by atoms with Crippen molar-refractivity contribution in [2.75, 3.05) is 23.7 Å². The molecule has 0 radical (unpaired) electrons. The lowest BCUT2D eigenvalue weighted by atomic mass is 10.1. The molecule has 0 aliphatic heterocycles. The second kappa shape index (κ2) is 11.9. The second-order valence-corrected chi connectivity index (χ2v) is 11.0. The van der Waals surface area contributed by atoms with Gasteiger partial charge in [-0.3, -0.25) is 13.9 Å². The third-order valence-electron chi connectivity index (χ3n) is 5.35. The van der Waals surface area contributed by atoms with E-state index in [2.05, 4.69) is 5.32 Å². The van der Waals surface area contributed by atoms with Crippen LogP contribution in [0.15, 0.2) is 36.4 Å². The molecule has 1 N–H and O–H groups in total. The van der Waals surface area contributed by atoms with Crippen LogP contribution in [-0.2, 0) is 26.2 Å². The molecule has 0 heterocycles. The summed E-state index contributed by atoms with van der Waals surface area (Å²) in [6.07, 6.45) is 1.80. The number of amides is 2. The summed E-state index contributed by atoms with van der Waals surface area (Å²) in [4.78, 5) is 27.6. The van der Waals surface area contributed by atoms with Gasteiger partial charge in [0.2, 0.25) is 21.8 Å². The molecule has 1 atom stereocenters. The molecule has 0 aromatic heterocycles. The van der Waals surface area contributed by atoms with E-state index in [9.17, 15) is 18.0 Å². The minimum absolute atomic E-state index is 0.0565. The van der Waals surface area contributed by atoms with Crippen molar-refractivity contribution in [1.82, 2.24) is 10.2 Å². The van der Waals surface area contributed by atoms with Gasteiger partial charge in [-0.25, -0.2) is 8.42 Å². The first-order chi connectivity index (χ1) is 15.8. The van der Waals surface area contributed by atoms with Gasteiger partial charge in [0.25, 0.3) is 0 Å². The molecular weight excluding hydrogens is 497 g/mol. The molecule has 2 amide bonds. The number of benzene rings is 2. The first-order valence-electron chi connectivity index (χ1n) is 10.9. The number of anilines is 1. The van der Waals surface area contributed by atoms with E-state index in [4.69, 9.17) is 23.2 Å². The highest BCUT2D eigenvalue weighted by molar-refractivity contribution is 7.92. The lowest BCUT2D eigenvalue weighted by Crippen LogP contribution is -2.51. The quantitative estimate of drug-likeness (QED) is 0.498. The number of hydrogen-bond donors (Lipinski definition) is 1. The highest BCUT2D eigenvalue weighted by Crippen LogP contribution is 2.26. The molecule has 186 valence electrons. The molecule has 34 heavy (non-hydrogen) atoms. The molecule has 10 heteroatoms. The Bertz CT molecular complexity index is 1150. The van der Waals surface area contributed by atoms with E-state index < -0.39 is 28.5 Å². The van der Waals surface area contributed by atoms with Gasteiger partial charge in [-0.1, -0.05) is 53.9 Å². The second-order valence-electron chi connectivity index (χ2n) is 8.30. The first kappa shape index (κ1) is 28.0. The highest BCUT2D eigenvalue weighted by atomic mass is 35.5. The van der Waals surface area contributed by atoms with E-state index in [0.29, 0.717) is 27.8 Å². The number of sulfonamides is 1. The van der Waals surface area contributed by atoms with E-state index in [1.165, 1.54) is 4.90 Å². The van der Waals surface area contributed by atoms with Crippen molar-refractivity contribution in [1.29, 1.82) is 0 Å². The molecule has 0 aliphatic carbocycles. The zero-order chi connectivity index (χ0) is 25.6. The predicted molar refractivity (Wildman–Crippen MR) is 138 cm³/mol. The Kier molecular flexibility index (Phi) is 9.79. The summed E-state index contributed by atoms with van der Waals surface area (Å²) in [6.45, 7) is 7.31. The normalized spacial score (nSPS) is 12.2. The molecule has 0 fully saturated rings. The Morgan fingerprint density at radius 3 is 2.29 bits per heavy atom. The standard InChI is InChI=1S/C24H31Cl2N3O4S/c1-6-11-27-24(31)18(4)28(14-19-8-9-20(25)21(26)13-19)23(30)15-29(34(5,32)33)22-10-7-16(2)12-17(22)3/h7-10,12-13,18H,6,11,14-15H2,1-5H3,(H,27,31). The van der Waals surface area contributed by atoms with Gasteiger partial charge in [0.15, 0.2) is 0 Å². The van der Waals surface area contributed by atoms with Crippen LogP contribution < -0.4 is 9.62 Å². The van der Waals surface area contributed by atoms with E-state index in [1.54, 1.807) is 44.2 Å². The van der Waals surface area contributed by atoms with E-state index in [1.807, 2.05) is 19.9 Å². The van der Waals surface area contributed by atoms with Gasteiger partial charge in [-0.2, -0.15) is 0 Å². The van der Waals surface area contributed by atoms with Gasteiger partial charge in [-0.15, -0.1) is 0 Å². The van der Waals surface area contributed by atoms with Crippen molar-refractivity contribution >= 4 is 50.7 Å². The Labute approximate surface area is 212 Å². The molecule has 1 unspecified atom stereocenters. The fourth-order valence-electron chi connectivity index (χ4n) is 3.49. The van der Waals surface area contributed by atoms with E-state index >= 15 is 0 Å². The van der Waals surface area contributed by atoms with Gasteiger partial charge in [0.1, 0.15) is 12.6 Å². The van der Waals surface area contributed by atoms with Crippen molar-refractivity contribution in [3.63, 3.8) is 0 Å². The average Bonchev–Trinajstić information content (AvgIpc) is 2.75. The molecule has 0 saturated carbocycles. The number of halogens is 2. The molecule has 2 aromatic carbocycles. The largest absolute Gasteiger partial charge is 0.354 e. The van der Waals surface area contributed by atoms with Gasteiger partial charge in [0, 0.05) is 13.1 Å². The topological polar surface area (TPSA) is 86.8 Å². The van der Waals surface area contributed by atoms with Crippen molar-refractivity contribution in [2.45, 2.75) is 46.7 Å². The van der Waals surface area contributed by atoms with Crippen LogP contribution in [0.3, 0.4) is 0 Å². The maximum Gasteiger partial charge on any atom is 0.244 e. The molecule has 0 bridgehead atoms. The number of carbonyl (C=O) groups is 2. The summed E-state index contributed by atoms with van der Waals surface area (Å²) < 4.78 is 26.4. The van der Waals surface area contributed by atoms with Crippen LogP contribution in [0, 0.1) is 13.8 Å². The lowest BCUT2D eigenvalue weighted by molar-refractivity contribution is -0.139. The zero-order valence-corrected chi connectivity index (χ0v) is 22.4. The van der Waals surface area contributed by atoms with Crippen LogP contribution in [0.5, 0.6) is 0 Å². The summed E-state index contributed by atoms with van der Waals surface area (Å²) in [7, 11) is -3.78. The monoisotopic (exact) mass is 527 g/mol. The summed E-state index contributed by atoms with van der Waals surface area (Å²) in [5, 5.41) is 3.48. The Morgan fingerprint density at radius 1 is 1.06 bits per heavy atom. The van der Waals surface area contributed by atoms with Crippen LogP contribution in [0.4, 0.5) is 5.69 Å². The van der Waals surface area contributed by atoms with Gasteiger partial charge < -0.3 is 10.2 Å². The Balaban J connectivity index is 2.42. The smallest absolute Gasteiger partial charge is 0.244 e. The summed E-state index contributed by atoms with van der Waals surface area (Å²) in [5.74, 6) is -0.844. The van der Waals surface area contributed by atoms with Crippen molar-refractivity contribution in [3.05, 3.63) is 63.1 Å². The fourth-order valence-corrected chi connectivity index (χ4v) is 4.72. The van der Waals surface area contributed by atoms with Crippen LogP contribution in [0.1, 0.15) is 37.0 Å². The number of nitrogens with zero attached hydrogens (tertiary/aromatic N) is 2. The molecule has 0 spiro atoms. The SMILES string of the molecule is CCCNC(=O)C(C)N(Cc1ccc(Cl)c(Cl)c1)C(=O)CN(c1ccc(C)cc1C)S(C)(=O)=O. The molecule has 0 saturated heterocycles. The molecule has 7 nitrogen and oxygen atoms in total. The molecule has 2 rings (SSSR count). The molecule has 0 aliphatic rings. The summed E-state index contributed by atoms with van der Waals surface area (Å²) in [5.41, 5.74) is 2.78. The maximum absolute atomic E-state index is 13.5. The number of nitrogens with one attached hydrogen (secondary N) is 1. The predicted octanol–water partition coefficient (Wildman–Crippen LogP) is 4.32. The number of aryl methyl sites for hydroxylation is 2. The lowest BCUT2D eigenvalue weighted by Gasteiger charge is -2.32. The van der Waals surface area contributed by atoms with E-state index in [-0.39, 0.29) is 12.5 Å². The van der Waals surface area contributed by atoms with Gasteiger partial charge >= 0.3 is 0 Å². The maximum atomic E-state index is 13.5. The van der Waals surface area contributed by atoms with Crippen LogP contribution >= 0.6 is 23.2 Å². The first-order valence-corrected chi connectivity index (χ1v) is 13.5. The van der Waals surface area contributed by atoms with Gasteiger partial charge in [-0.05, 0) is 56.5 Å². The van der Waals surface area contributed by atoms with Crippen LogP contribution in [0.2, 0.25) is 10.0 Å². The minimum Gasteiger partial charge on any atom is -0.354 e. The van der Waals surface area contributed by atoms with Crippen molar-refractivity contribution < 1.29 is 18.0 Å².